The van der Waals surface area contributed by atoms with Crippen molar-refractivity contribution in [3.63, 3.8) is 0 Å². The van der Waals surface area contributed by atoms with Crippen LogP contribution in [0.15, 0.2) is 53.4 Å². The van der Waals surface area contributed by atoms with E-state index < -0.39 is 11.9 Å². The van der Waals surface area contributed by atoms with E-state index in [9.17, 15) is 9.59 Å². The molecule has 0 unspecified atom stereocenters. The molecule has 0 fully saturated rings. The van der Waals surface area contributed by atoms with Crippen molar-refractivity contribution in [2.75, 3.05) is 0 Å². The molecule has 2 aromatic rings. The van der Waals surface area contributed by atoms with E-state index >= 15 is 0 Å². The molecule has 5 heteroatoms. The molecular formula is C20H22N2O2S. The zero-order chi connectivity index (χ0) is 18.0. The van der Waals surface area contributed by atoms with Crippen LogP contribution in [0.5, 0.6) is 0 Å². The number of benzene rings is 2. The summed E-state index contributed by atoms with van der Waals surface area (Å²) in [5.41, 5.74) is 8.40. The highest BCUT2D eigenvalue weighted by atomic mass is 32.2. The number of nitrogens with zero attached hydrogens (tertiary/aromatic N) is 1. The van der Waals surface area contributed by atoms with Crippen molar-refractivity contribution in [1.82, 2.24) is 4.90 Å². The average molecular weight is 354 g/mol. The molecule has 0 saturated heterocycles. The third-order valence-electron chi connectivity index (χ3n) is 4.32. The number of carbonyl (C=O) groups excluding carboxylic acids is 2. The molecule has 1 aliphatic heterocycles. The summed E-state index contributed by atoms with van der Waals surface area (Å²) >= 11 is 1.65. The zero-order valence-electron chi connectivity index (χ0n) is 14.4. The van der Waals surface area contributed by atoms with E-state index in [2.05, 4.69) is 13.8 Å². The van der Waals surface area contributed by atoms with Crippen LogP contribution >= 0.6 is 11.8 Å². The Morgan fingerprint density at radius 1 is 1.08 bits per heavy atom. The van der Waals surface area contributed by atoms with Crippen LogP contribution in [0.4, 0.5) is 0 Å². The van der Waals surface area contributed by atoms with E-state index in [0.717, 1.165) is 16.0 Å². The SMILES string of the molecule is CC(C)Sc1ccccc1C(=O)N1Cc2ccccc2C[C@H]1C(N)=O. The maximum atomic E-state index is 13.2. The Hall–Kier alpha value is -2.27. The Morgan fingerprint density at radius 2 is 1.72 bits per heavy atom. The predicted octanol–water partition coefficient (Wildman–Crippen LogP) is 3.24. The first kappa shape index (κ1) is 17.5. The van der Waals surface area contributed by atoms with Crippen molar-refractivity contribution in [3.8, 4) is 0 Å². The third kappa shape index (κ3) is 3.71. The van der Waals surface area contributed by atoms with Crippen LogP contribution in [0.25, 0.3) is 0 Å². The Balaban J connectivity index is 1.97. The maximum Gasteiger partial charge on any atom is 0.255 e. The smallest absolute Gasteiger partial charge is 0.255 e. The van der Waals surface area contributed by atoms with Crippen molar-refractivity contribution in [3.05, 3.63) is 65.2 Å². The van der Waals surface area contributed by atoms with Gasteiger partial charge in [-0.2, -0.15) is 0 Å². The number of nitrogens with two attached hydrogens (primary N) is 1. The number of carbonyl (C=O) groups is 2. The lowest BCUT2D eigenvalue weighted by molar-refractivity contribution is -0.122. The van der Waals surface area contributed by atoms with E-state index in [1.54, 1.807) is 16.7 Å². The molecular weight excluding hydrogens is 332 g/mol. The van der Waals surface area contributed by atoms with Gasteiger partial charge in [-0.05, 0) is 23.3 Å². The number of hydrogen-bond donors (Lipinski definition) is 1. The standard InChI is InChI=1S/C20H22N2O2S/c1-13(2)25-18-10-6-5-9-16(18)20(24)22-12-15-8-4-3-7-14(15)11-17(22)19(21)23/h3-10,13,17H,11-12H2,1-2H3,(H2,21,23)/t17-/m0/s1. The summed E-state index contributed by atoms with van der Waals surface area (Å²) in [6.07, 6.45) is 0.469. The Morgan fingerprint density at radius 3 is 2.40 bits per heavy atom. The highest BCUT2D eigenvalue weighted by Gasteiger charge is 2.34. The summed E-state index contributed by atoms with van der Waals surface area (Å²) in [6, 6.07) is 14.8. The average Bonchev–Trinajstić information content (AvgIpc) is 2.60. The minimum atomic E-state index is -0.612. The lowest BCUT2D eigenvalue weighted by atomic mass is 9.93. The highest BCUT2D eigenvalue weighted by molar-refractivity contribution is 8.00. The lowest BCUT2D eigenvalue weighted by Gasteiger charge is -2.35. The molecule has 0 spiro atoms. The quantitative estimate of drug-likeness (QED) is 0.858. The van der Waals surface area contributed by atoms with Gasteiger partial charge in [0.25, 0.3) is 5.91 Å². The van der Waals surface area contributed by atoms with Gasteiger partial charge in [0.1, 0.15) is 6.04 Å². The van der Waals surface area contributed by atoms with E-state index in [1.165, 1.54) is 0 Å². The molecule has 0 aromatic heterocycles. The van der Waals surface area contributed by atoms with E-state index in [-0.39, 0.29) is 5.91 Å². The molecule has 2 N–H and O–H groups in total. The van der Waals surface area contributed by atoms with Gasteiger partial charge in [0.2, 0.25) is 5.91 Å². The van der Waals surface area contributed by atoms with Crippen LogP contribution in [0, 0.1) is 0 Å². The summed E-state index contributed by atoms with van der Waals surface area (Å²) in [6.45, 7) is 4.59. The lowest BCUT2D eigenvalue weighted by Crippen LogP contribution is -2.51. The molecule has 130 valence electrons. The van der Waals surface area contributed by atoms with Crippen LogP contribution in [-0.2, 0) is 17.8 Å². The predicted molar refractivity (Wildman–Crippen MR) is 100 cm³/mol. The third-order valence-corrected chi connectivity index (χ3v) is 5.40. The van der Waals surface area contributed by atoms with Crippen LogP contribution in [0.1, 0.15) is 35.3 Å². The van der Waals surface area contributed by atoms with E-state index in [0.29, 0.717) is 23.8 Å². The molecule has 4 nitrogen and oxygen atoms in total. The van der Waals surface area contributed by atoms with E-state index in [4.69, 9.17) is 5.73 Å². The topological polar surface area (TPSA) is 63.4 Å². The molecule has 1 atom stereocenters. The zero-order valence-corrected chi connectivity index (χ0v) is 15.3. The first-order valence-corrected chi connectivity index (χ1v) is 9.28. The minimum absolute atomic E-state index is 0.137. The largest absolute Gasteiger partial charge is 0.368 e. The van der Waals surface area contributed by atoms with Crippen LogP contribution in [0.3, 0.4) is 0 Å². The van der Waals surface area contributed by atoms with Crippen LogP contribution in [0.2, 0.25) is 0 Å². The molecule has 0 radical (unpaired) electrons. The normalized spacial score (nSPS) is 16.6. The van der Waals surface area contributed by atoms with E-state index in [1.807, 2.05) is 48.5 Å². The molecule has 0 bridgehead atoms. The van der Waals surface area contributed by atoms with Gasteiger partial charge in [-0.25, -0.2) is 0 Å². The molecule has 2 amide bonds. The first-order chi connectivity index (χ1) is 12.0. The second kappa shape index (κ2) is 7.31. The summed E-state index contributed by atoms with van der Waals surface area (Å²) in [7, 11) is 0. The first-order valence-electron chi connectivity index (χ1n) is 8.40. The van der Waals surface area contributed by atoms with Gasteiger partial charge in [0.05, 0.1) is 5.56 Å². The van der Waals surface area contributed by atoms with Crippen molar-refractivity contribution in [2.45, 2.75) is 43.0 Å². The van der Waals surface area contributed by atoms with Crippen LogP contribution < -0.4 is 5.73 Å². The van der Waals surface area contributed by atoms with Gasteiger partial charge in [-0.1, -0.05) is 50.2 Å². The molecule has 0 aliphatic carbocycles. The summed E-state index contributed by atoms with van der Waals surface area (Å²) in [5.74, 6) is -0.598. The second-order valence-electron chi connectivity index (χ2n) is 6.49. The van der Waals surface area contributed by atoms with Crippen molar-refractivity contribution < 1.29 is 9.59 Å². The Labute approximate surface area is 152 Å². The molecule has 1 heterocycles. The number of rotatable bonds is 4. The fourth-order valence-corrected chi connectivity index (χ4v) is 4.09. The summed E-state index contributed by atoms with van der Waals surface area (Å²) in [4.78, 5) is 27.8. The van der Waals surface area contributed by atoms with Gasteiger partial charge in [-0.3, -0.25) is 9.59 Å². The summed E-state index contributed by atoms with van der Waals surface area (Å²) < 4.78 is 0. The van der Waals surface area contributed by atoms with Gasteiger partial charge in [-0.15, -0.1) is 11.8 Å². The van der Waals surface area contributed by atoms with Crippen LogP contribution in [-0.4, -0.2) is 28.0 Å². The highest BCUT2D eigenvalue weighted by Crippen LogP contribution is 2.30. The second-order valence-corrected chi connectivity index (χ2v) is 8.11. The fraction of sp³-hybridized carbons (Fsp3) is 0.300. The molecule has 0 saturated carbocycles. The Kier molecular flexibility index (Phi) is 5.13. The monoisotopic (exact) mass is 354 g/mol. The van der Waals surface area contributed by atoms with Gasteiger partial charge < -0.3 is 10.6 Å². The number of hydrogen-bond acceptors (Lipinski definition) is 3. The Bertz CT molecular complexity index is 804. The van der Waals surface area contributed by atoms with Gasteiger partial charge in [0, 0.05) is 23.1 Å². The fourth-order valence-electron chi connectivity index (χ4n) is 3.15. The number of thioether (sulfide) groups is 1. The summed E-state index contributed by atoms with van der Waals surface area (Å²) in [5, 5.41) is 0.364. The number of primary amides is 1. The number of amides is 2. The van der Waals surface area contributed by atoms with Gasteiger partial charge in [0.15, 0.2) is 0 Å². The molecule has 25 heavy (non-hydrogen) atoms. The van der Waals surface area contributed by atoms with Crippen molar-refractivity contribution in [1.29, 1.82) is 0 Å². The molecule has 3 rings (SSSR count). The number of fused-ring (bicyclic) bond motifs is 1. The molecule has 2 aromatic carbocycles. The maximum absolute atomic E-state index is 13.2. The van der Waals surface area contributed by atoms with Crippen molar-refractivity contribution >= 4 is 23.6 Å². The minimum Gasteiger partial charge on any atom is -0.368 e. The van der Waals surface area contributed by atoms with Crippen molar-refractivity contribution in [2.24, 2.45) is 5.73 Å². The molecule has 1 aliphatic rings. The van der Waals surface area contributed by atoms with Gasteiger partial charge >= 0.3 is 0 Å².